The van der Waals surface area contributed by atoms with Crippen molar-refractivity contribution in [2.45, 2.75) is 11.8 Å². The lowest BCUT2D eigenvalue weighted by Crippen LogP contribution is -2.04. The molecule has 0 aliphatic rings. The summed E-state index contributed by atoms with van der Waals surface area (Å²) in [5, 5.41) is 0. The molecule has 106 valence electrons. The summed E-state index contributed by atoms with van der Waals surface area (Å²) in [5.41, 5.74) is 6.18. The van der Waals surface area contributed by atoms with Crippen LogP contribution in [0.15, 0.2) is 41.3 Å². The van der Waals surface area contributed by atoms with Gasteiger partial charge in [-0.05, 0) is 30.7 Å². The highest BCUT2D eigenvalue weighted by atomic mass is 32.2. The summed E-state index contributed by atoms with van der Waals surface area (Å²) < 4.78 is 42.4. The van der Waals surface area contributed by atoms with Crippen LogP contribution in [0.25, 0.3) is 0 Å². The van der Waals surface area contributed by atoms with Crippen LogP contribution in [-0.4, -0.2) is 14.7 Å². The molecule has 20 heavy (non-hydrogen) atoms. The molecule has 0 saturated heterocycles. The van der Waals surface area contributed by atoms with Crippen LogP contribution in [0, 0.1) is 12.7 Å². The molecule has 2 N–H and O–H groups in total. The molecular formula is C14H14FNO3S. The molecule has 0 aliphatic carbocycles. The standard InChI is InChI=1S/C14H14FNO3S/c1-9-5-3-6-10(13(9)15)19-11-7-4-8-12(14(11)16)20(2,17)18/h3-8H,16H2,1-2H3. The molecule has 0 spiro atoms. The number of benzene rings is 2. The van der Waals surface area contributed by atoms with Gasteiger partial charge in [0.15, 0.2) is 27.2 Å². The smallest absolute Gasteiger partial charge is 0.177 e. The fourth-order valence-electron chi connectivity index (χ4n) is 1.75. The van der Waals surface area contributed by atoms with E-state index in [-0.39, 0.29) is 22.1 Å². The zero-order chi connectivity index (χ0) is 14.9. The summed E-state index contributed by atoms with van der Waals surface area (Å²) in [4.78, 5) is -0.0388. The fourth-order valence-corrected chi connectivity index (χ4v) is 2.58. The molecule has 2 aromatic carbocycles. The predicted octanol–water partition coefficient (Wildman–Crippen LogP) is 2.91. The third-order valence-corrected chi connectivity index (χ3v) is 3.96. The molecule has 0 amide bonds. The van der Waals surface area contributed by atoms with Crippen LogP contribution in [0.1, 0.15) is 5.56 Å². The van der Waals surface area contributed by atoms with E-state index in [0.717, 1.165) is 6.26 Å². The summed E-state index contributed by atoms with van der Waals surface area (Å²) >= 11 is 0. The minimum absolute atomic E-state index is 0.00218. The summed E-state index contributed by atoms with van der Waals surface area (Å²) in [7, 11) is -3.47. The summed E-state index contributed by atoms with van der Waals surface area (Å²) in [6, 6.07) is 9.07. The number of nitrogens with two attached hydrogens (primary N) is 1. The van der Waals surface area contributed by atoms with E-state index in [1.54, 1.807) is 19.1 Å². The van der Waals surface area contributed by atoms with Crippen molar-refractivity contribution in [1.29, 1.82) is 0 Å². The summed E-state index contributed by atoms with van der Waals surface area (Å²) in [6.07, 6.45) is 1.05. The van der Waals surface area contributed by atoms with E-state index in [9.17, 15) is 12.8 Å². The second-order valence-corrected chi connectivity index (χ2v) is 6.41. The average molecular weight is 295 g/mol. The average Bonchev–Trinajstić information content (AvgIpc) is 2.36. The first-order valence-electron chi connectivity index (χ1n) is 5.82. The molecule has 0 aromatic heterocycles. The topological polar surface area (TPSA) is 69.4 Å². The van der Waals surface area contributed by atoms with Crippen LogP contribution in [0.3, 0.4) is 0 Å². The molecule has 6 heteroatoms. The minimum atomic E-state index is -3.47. The van der Waals surface area contributed by atoms with Crippen LogP contribution in [0.2, 0.25) is 0 Å². The Labute approximate surface area is 116 Å². The third-order valence-electron chi connectivity index (χ3n) is 2.80. The second kappa shape index (κ2) is 5.13. The number of hydrogen-bond donors (Lipinski definition) is 1. The molecule has 0 aliphatic heterocycles. The van der Waals surface area contributed by atoms with E-state index >= 15 is 0 Å². The van der Waals surface area contributed by atoms with Crippen molar-refractivity contribution >= 4 is 15.5 Å². The first-order chi connectivity index (χ1) is 9.30. The highest BCUT2D eigenvalue weighted by Crippen LogP contribution is 2.33. The maximum Gasteiger partial charge on any atom is 0.177 e. The lowest BCUT2D eigenvalue weighted by Gasteiger charge is -2.12. The molecule has 0 radical (unpaired) electrons. The molecule has 2 rings (SSSR count). The highest BCUT2D eigenvalue weighted by molar-refractivity contribution is 7.90. The van der Waals surface area contributed by atoms with E-state index in [1.165, 1.54) is 24.3 Å². The van der Waals surface area contributed by atoms with E-state index in [0.29, 0.717) is 5.56 Å². The van der Waals surface area contributed by atoms with Crippen molar-refractivity contribution < 1.29 is 17.5 Å². The van der Waals surface area contributed by atoms with E-state index in [1.807, 2.05) is 0 Å². The van der Waals surface area contributed by atoms with Crippen LogP contribution >= 0.6 is 0 Å². The fraction of sp³-hybridized carbons (Fsp3) is 0.143. The summed E-state index contributed by atoms with van der Waals surface area (Å²) in [6.45, 7) is 1.61. The van der Waals surface area contributed by atoms with E-state index < -0.39 is 15.7 Å². The molecule has 0 heterocycles. The molecule has 2 aromatic rings. The van der Waals surface area contributed by atoms with Crippen molar-refractivity contribution in [3.05, 3.63) is 47.8 Å². The number of para-hydroxylation sites is 1. The van der Waals surface area contributed by atoms with Gasteiger partial charge in [-0.3, -0.25) is 0 Å². The quantitative estimate of drug-likeness (QED) is 0.884. The Hall–Kier alpha value is -2.08. The van der Waals surface area contributed by atoms with Gasteiger partial charge in [-0.1, -0.05) is 18.2 Å². The zero-order valence-corrected chi connectivity index (χ0v) is 11.9. The first-order valence-corrected chi connectivity index (χ1v) is 7.71. The number of hydrogen-bond acceptors (Lipinski definition) is 4. The van der Waals surface area contributed by atoms with Crippen LogP contribution in [0.4, 0.5) is 10.1 Å². The maximum absolute atomic E-state index is 13.9. The number of anilines is 1. The minimum Gasteiger partial charge on any atom is -0.452 e. The molecule has 0 bridgehead atoms. The van der Waals surface area contributed by atoms with Crippen molar-refractivity contribution in [2.75, 3.05) is 12.0 Å². The number of nitrogen functional groups attached to an aromatic ring is 1. The van der Waals surface area contributed by atoms with Gasteiger partial charge in [0.2, 0.25) is 0 Å². The van der Waals surface area contributed by atoms with Crippen LogP contribution in [-0.2, 0) is 9.84 Å². The first kappa shape index (κ1) is 14.3. The number of rotatable bonds is 3. The van der Waals surface area contributed by atoms with Crippen molar-refractivity contribution in [3.8, 4) is 11.5 Å². The van der Waals surface area contributed by atoms with Gasteiger partial charge in [0.05, 0.1) is 10.6 Å². The molecule has 0 atom stereocenters. The Bertz CT molecular complexity index is 757. The van der Waals surface area contributed by atoms with Gasteiger partial charge in [-0.25, -0.2) is 12.8 Å². The van der Waals surface area contributed by atoms with Gasteiger partial charge in [-0.2, -0.15) is 0 Å². The number of sulfone groups is 1. The molecule has 4 nitrogen and oxygen atoms in total. The van der Waals surface area contributed by atoms with Gasteiger partial charge in [-0.15, -0.1) is 0 Å². The highest BCUT2D eigenvalue weighted by Gasteiger charge is 2.16. The van der Waals surface area contributed by atoms with Gasteiger partial charge in [0.25, 0.3) is 0 Å². The van der Waals surface area contributed by atoms with Gasteiger partial charge in [0, 0.05) is 6.26 Å². The number of halogens is 1. The zero-order valence-electron chi connectivity index (χ0n) is 11.1. The van der Waals surface area contributed by atoms with E-state index in [4.69, 9.17) is 10.5 Å². The largest absolute Gasteiger partial charge is 0.452 e. The van der Waals surface area contributed by atoms with Gasteiger partial charge in [0.1, 0.15) is 0 Å². The van der Waals surface area contributed by atoms with Crippen molar-refractivity contribution in [1.82, 2.24) is 0 Å². The number of aryl methyl sites for hydroxylation is 1. The second-order valence-electron chi connectivity index (χ2n) is 4.43. The molecule has 0 saturated carbocycles. The monoisotopic (exact) mass is 295 g/mol. The lowest BCUT2D eigenvalue weighted by atomic mass is 10.2. The maximum atomic E-state index is 13.9. The molecule has 0 unspecified atom stereocenters. The Morgan fingerprint density at radius 2 is 1.70 bits per heavy atom. The predicted molar refractivity (Wildman–Crippen MR) is 75.2 cm³/mol. The van der Waals surface area contributed by atoms with Crippen molar-refractivity contribution in [3.63, 3.8) is 0 Å². The summed E-state index contributed by atoms with van der Waals surface area (Å²) in [5.74, 6) is -0.392. The number of ether oxygens (including phenoxy) is 1. The Morgan fingerprint density at radius 3 is 2.35 bits per heavy atom. The van der Waals surface area contributed by atoms with Crippen molar-refractivity contribution in [2.24, 2.45) is 0 Å². The third kappa shape index (κ3) is 2.75. The Morgan fingerprint density at radius 1 is 1.10 bits per heavy atom. The Balaban J connectivity index is 2.48. The SMILES string of the molecule is Cc1cccc(Oc2cccc(S(C)(=O)=O)c2N)c1F. The Kier molecular flexibility index (Phi) is 3.67. The lowest BCUT2D eigenvalue weighted by molar-refractivity contribution is 0.441. The van der Waals surface area contributed by atoms with Crippen LogP contribution in [0.5, 0.6) is 11.5 Å². The molecule has 0 fully saturated rings. The van der Waals surface area contributed by atoms with E-state index in [2.05, 4.69) is 0 Å². The van der Waals surface area contributed by atoms with Gasteiger partial charge < -0.3 is 10.5 Å². The normalized spacial score (nSPS) is 11.3. The van der Waals surface area contributed by atoms with Crippen LogP contribution < -0.4 is 10.5 Å². The van der Waals surface area contributed by atoms with Gasteiger partial charge >= 0.3 is 0 Å². The molecular weight excluding hydrogens is 281 g/mol.